The fraction of sp³-hybridized carbons (Fsp3) is 0.579. The second kappa shape index (κ2) is 12.6. The first-order chi connectivity index (χ1) is 12.9. The highest BCUT2D eigenvalue weighted by Crippen LogP contribution is 2.31. The van der Waals surface area contributed by atoms with Gasteiger partial charge in [-0.25, -0.2) is 0 Å². The van der Waals surface area contributed by atoms with Crippen LogP contribution >= 0.6 is 34.8 Å². The van der Waals surface area contributed by atoms with Crippen LogP contribution in [0.3, 0.4) is 0 Å². The lowest BCUT2D eigenvalue weighted by Gasteiger charge is -2.34. The van der Waals surface area contributed by atoms with E-state index in [1.54, 1.807) is 4.90 Å². The minimum atomic E-state index is -0.508. The third kappa shape index (κ3) is 6.91. The van der Waals surface area contributed by atoms with Gasteiger partial charge in [-0.2, -0.15) is 0 Å². The van der Waals surface area contributed by atoms with Crippen LogP contribution in [0.15, 0.2) is 18.2 Å². The maximum Gasteiger partial charge on any atom is 0.242 e. The molecular weight excluding hydrogens is 413 g/mol. The molecule has 1 aromatic carbocycles. The predicted molar refractivity (Wildman–Crippen MR) is 110 cm³/mol. The van der Waals surface area contributed by atoms with Crippen LogP contribution in [0.2, 0.25) is 0 Å². The molecule has 1 amide bonds. The number of carbonyl (C=O) groups is 2. The fourth-order valence-corrected chi connectivity index (χ4v) is 3.05. The van der Waals surface area contributed by atoms with Gasteiger partial charge < -0.3 is 14.4 Å². The molecular formula is C19H26Cl3NO4. The first-order valence-corrected chi connectivity index (χ1v) is 10.3. The van der Waals surface area contributed by atoms with Gasteiger partial charge in [-0.15, -0.1) is 23.2 Å². The van der Waals surface area contributed by atoms with Crippen LogP contribution in [-0.4, -0.2) is 48.5 Å². The molecule has 1 aromatic rings. The quantitative estimate of drug-likeness (QED) is 0.474. The Morgan fingerprint density at radius 3 is 1.96 bits per heavy atom. The zero-order valence-electron chi connectivity index (χ0n) is 15.8. The highest BCUT2D eigenvalue weighted by atomic mass is 35.5. The Bertz CT molecular complexity index is 599. The smallest absolute Gasteiger partial charge is 0.242 e. The van der Waals surface area contributed by atoms with Crippen molar-refractivity contribution in [1.82, 2.24) is 0 Å². The third-order valence-corrected chi connectivity index (χ3v) is 4.88. The van der Waals surface area contributed by atoms with Crippen LogP contribution < -0.4 is 4.90 Å². The van der Waals surface area contributed by atoms with Gasteiger partial charge in [0.25, 0.3) is 0 Å². The van der Waals surface area contributed by atoms with Crippen molar-refractivity contribution in [3.63, 3.8) is 0 Å². The molecule has 0 bridgehead atoms. The molecule has 152 valence electrons. The Morgan fingerprint density at radius 1 is 1.11 bits per heavy atom. The maximum atomic E-state index is 12.5. The number of rotatable bonds is 7. The van der Waals surface area contributed by atoms with Crippen LogP contribution in [0.25, 0.3) is 0 Å². The summed E-state index contributed by atoms with van der Waals surface area (Å²) in [7, 11) is 0. The highest BCUT2D eigenvalue weighted by molar-refractivity contribution is 6.67. The molecule has 1 saturated heterocycles. The summed E-state index contributed by atoms with van der Waals surface area (Å²) in [5.74, 6) is -0.274. The van der Waals surface area contributed by atoms with Crippen LogP contribution in [0.1, 0.15) is 31.9 Å². The molecule has 0 radical (unpaired) electrons. The Hall–Kier alpha value is -0.850. The van der Waals surface area contributed by atoms with Crippen molar-refractivity contribution in [2.24, 2.45) is 0 Å². The molecule has 0 aromatic heterocycles. The van der Waals surface area contributed by atoms with Crippen LogP contribution in [0, 0.1) is 0 Å². The predicted octanol–water partition coefficient (Wildman–Crippen LogP) is 4.14. The summed E-state index contributed by atoms with van der Waals surface area (Å²) in [6.07, 6.45) is 1.31. The third-order valence-electron chi connectivity index (χ3n) is 4.14. The van der Waals surface area contributed by atoms with Gasteiger partial charge in [0.15, 0.2) is 6.29 Å². The number of nitrogens with zero attached hydrogens (tertiary/aromatic N) is 1. The normalized spacial score (nSPS) is 15.0. The number of carbonyl (C=O) groups excluding carboxylic acids is 2. The monoisotopic (exact) mass is 437 g/mol. The lowest BCUT2D eigenvalue weighted by atomic mass is 10.0. The average molecular weight is 439 g/mol. The number of ether oxygens (including phenoxy) is 2. The average Bonchev–Trinajstić information content (AvgIpc) is 3.23. The zero-order valence-corrected chi connectivity index (χ0v) is 18.1. The van der Waals surface area contributed by atoms with E-state index in [9.17, 15) is 9.59 Å². The van der Waals surface area contributed by atoms with E-state index in [1.807, 2.05) is 13.0 Å². The number of benzene rings is 1. The van der Waals surface area contributed by atoms with E-state index in [0.29, 0.717) is 13.2 Å². The van der Waals surface area contributed by atoms with Gasteiger partial charge in [0.05, 0.1) is 30.8 Å². The van der Waals surface area contributed by atoms with Crippen LogP contribution in [-0.2, 0) is 31.9 Å². The summed E-state index contributed by atoms with van der Waals surface area (Å²) in [5, 5.41) is -0.508. The van der Waals surface area contributed by atoms with E-state index in [2.05, 4.69) is 26.0 Å². The molecule has 1 heterocycles. The van der Waals surface area contributed by atoms with E-state index in [1.165, 1.54) is 0 Å². The number of amides is 1. The van der Waals surface area contributed by atoms with E-state index in [-0.39, 0.29) is 23.7 Å². The molecule has 8 heteroatoms. The van der Waals surface area contributed by atoms with Gasteiger partial charge >= 0.3 is 0 Å². The maximum absolute atomic E-state index is 12.5. The lowest BCUT2D eigenvalue weighted by Crippen LogP contribution is -2.47. The summed E-state index contributed by atoms with van der Waals surface area (Å²) >= 11 is 15.4. The largest absolute Gasteiger partial charge is 0.348 e. The molecule has 0 N–H and O–H groups in total. The highest BCUT2D eigenvalue weighted by Gasteiger charge is 2.33. The fourth-order valence-electron chi connectivity index (χ4n) is 2.92. The molecule has 5 nitrogen and oxygen atoms in total. The van der Waals surface area contributed by atoms with Gasteiger partial charge in [-0.1, -0.05) is 32.0 Å². The van der Waals surface area contributed by atoms with Gasteiger partial charge in [0, 0.05) is 0 Å². The number of alkyl halides is 2. The minimum Gasteiger partial charge on any atom is -0.348 e. The lowest BCUT2D eigenvalue weighted by molar-refractivity contribution is -0.119. The molecule has 1 unspecified atom stereocenters. The molecule has 0 aliphatic carbocycles. The van der Waals surface area contributed by atoms with Gasteiger partial charge in [-0.05, 0) is 42.5 Å². The van der Waals surface area contributed by atoms with Crippen molar-refractivity contribution in [2.75, 3.05) is 29.9 Å². The second-order valence-electron chi connectivity index (χ2n) is 5.87. The van der Waals surface area contributed by atoms with Crippen molar-refractivity contribution in [2.45, 2.75) is 45.9 Å². The zero-order chi connectivity index (χ0) is 20.4. The molecule has 1 atom stereocenters. The van der Waals surface area contributed by atoms with Crippen molar-refractivity contribution in [3.05, 3.63) is 29.3 Å². The standard InChI is InChI=1S/C17H24ClNO3.C2H2Cl2O/c1-4-13-7-6-8-14(5-2)16(13)19(15(20)11-18)12(3)17-21-9-10-22-17;3-1-2(4)5/h6-8,12,17H,4-5,9-11H2,1-3H3;1H2. The number of hydrogen-bond donors (Lipinski definition) is 0. The molecule has 1 aliphatic rings. The Morgan fingerprint density at radius 2 is 1.59 bits per heavy atom. The van der Waals surface area contributed by atoms with Crippen molar-refractivity contribution < 1.29 is 19.1 Å². The van der Waals surface area contributed by atoms with Gasteiger partial charge in [0.1, 0.15) is 5.88 Å². The number of anilines is 1. The van der Waals surface area contributed by atoms with E-state index in [0.717, 1.165) is 29.7 Å². The molecule has 1 fully saturated rings. The number of halogens is 3. The van der Waals surface area contributed by atoms with Crippen LogP contribution in [0.5, 0.6) is 0 Å². The summed E-state index contributed by atoms with van der Waals surface area (Å²) < 4.78 is 11.2. The Balaban J connectivity index is 0.000000646. The molecule has 27 heavy (non-hydrogen) atoms. The minimum absolute atomic E-state index is 0.0573. The summed E-state index contributed by atoms with van der Waals surface area (Å²) in [4.78, 5) is 23.7. The number of hydrogen-bond acceptors (Lipinski definition) is 4. The van der Waals surface area contributed by atoms with Crippen LogP contribution in [0.4, 0.5) is 5.69 Å². The topological polar surface area (TPSA) is 55.8 Å². The van der Waals surface area contributed by atoms with Gasteiger partial charge in [-0.3, -0.25) is 9.59 Å². The molecule has 1 aliphatic heterocycles. The summed E-state index contributed by atoms with van der Waals surface area (Å²) in [6.45, 7) is 7.26. The molecule has 2 rings (SSSR count). The summed E-state index contributed by atoms with van der Waals surface area (Å²) in [5.41, 5.74) is 3.25. The number of aryl methyl sites for hydroxylation is 2. The number of para-hydroxylation sites is 1. The van der Waals surface area contributed by atoms with Gasteiger partial charge in [0.2, 0.25) is 11.1 Å². The Labute approximate surface area is 175 Å². The molecule has 0 spiro atoms. The Kier molecular flexibility index (Phi) is 11.3. The first kappa shape index (κ1) is 24.2. The molecule has 0 saturated carbocycles. The second-order valence-corrected chi connectivity index (χ2v) is 6.82. The first-order valence-electron chi connectivity index (χ1n) is 8.87. The summed E-state index contributed by atoms with van der Waals surface area (Å²) in [6, 6.07) is 5.95. The SMILES string of the molecule is CCc1cccc(CC)c1N(C(=O)CCl)C(C)C1OCCO1.O=C(Cl)CCl. The van der Waals surface area contributed by atoms with E-state index < -0.39 is 11.5 Å². The van der Waals surface area contributed by atoms with E-state index in [4.69, 9.17) is 44.3 Å². The van der Waals surface area contributed by atoms with Crippen molar-refractivity contribution in [3.8, 4) is 0 Å². The van der Waals surface area contributed by atoms with Crippen molar-refractivity contribution >= 4 is 51.6 Å². The van der Waals surface area contributed by atoms with E-state index >= 15 is 0 Å². The van der Waals surface area contributed by atoms with Crippen molar-refractivity contribution in [1.29, 1.82) is 0 Å².